The summed E-state index contributed by atoms with van der Waals surface area (Å²) < 4.78 is 19.8. The molecule has 0 radical (unpaired) electrons. The van der Waals surface area contributed by atoms with Gasteiger partial charge in [0.2, 0.25) is 0 Å². The lowest BCUT2D eigenvalue weighted by atomic mass is 10.1. The number of carbonyl (C=O) groups is 1. The number of aromatic nitrogens is 2. The van der Waals surface area contributed by atoms with Crippen molar-refractivity contribution in [2.24, 2.45) is 0 Å². The molecular weight excluding hydrogens is 349 g/mol. The zero-order valence-corrected chi connectivity index (χ0v) is 14.9. The molecule has 138 valence electrons. The lowest BCUT2D eigenvalue weighted by molar-refractivity contribution is -0.614. The highest BCUT2D eigenvalue weighted by atomic mass is 19.1. The van der Waals surface area contributed by atoms with Crippen LogP contribution in [0.2, 0.25) is 0 Å². The maximum Gasteiger partial charge on any atom is 0.507 e. The minimum Gasteiger partial charge on any atom is -0.708 e. The third-order valence-electron chi connectivity index (χ3n) is 3.82. The smallest absolute Gasteiger partial charge is 0.507 e. The molecule has 7 heteroatoms. The number of benzene rings is 2. The van der Waals surface area contributed by atoms with Gasteiger partial charge in [-0.3, -0.25) is 4.79 Å². The zero-order chi connectivity index (χ0) is 19.4. The molecule has 0 unspecified atom stereocenters. The Bertz CT molecular complexity index is 948. The van der Waals surface area contributed by atoms with Crippen LogP contribution in [-0.4, -0.2) is 16.9 Å². The second-order valence-corrected chi connectivity index (χ2v) is 6.08. The molecule has 6 nitrogen and oxygen atoms in total. The largest absolute Gasteiger partial charge is 0.708 e. The summed E-state index contributed by atoms with van der Waals surface area (Å²) in [5.74, 6) is -0.983. The highest BCUT2D eigenvalue weighted by molar-refractivity contribution is 6.08. The number of para-hydroxylation sites is 1. The Balaban J connectivity index is 2.03. The predicted molar refractivity (Wildman–Crippen MR) is 98.1 cm³/mol. The van der Waals surface area contributed by atoms with Crippen LogP contribution in [0, 0.1) is 11.0 Å². The van der Waals surface area contributed by atoms with E-state index in [0.29, 0.717) is 10.4 Å². The molecule has 1 heterocycles. The number of rotatable bonds is 5. The third-order valence-corrected chi connectivity index (χ3v) is 3.82. The molecule has 3 rings (SSSR count). The maximum absolute atomic E-state index is 13.9. The van der Waals surface area contributed by atoms with Crippen LogP contribution in [0.25, 0.3) is 0 Å². The van der Waals surface area contributed by atoms with E-state index in [-0.39, 0.29) is 23.4 Å². The highest BCUT2D eigenvalue weighted by Gasteiger charge is 2.25. The van der Waals surface area contributed by atoms with Crippen molar-refractivity contribution in [3.8, 4) is 11.8 Å². The van der Waals surface area contributed by atoms with Crippen molar-refractivity contribution in [2.45, 2.75) is 19.9 Å². The number of hydrogen-bond acceptors (Lipinski definition) is 4. The molecule has 0 saturated carbocycles. The molecule has 2 aromatic carbocycles. The van der Waals surface area contributed by atoms with Crippen LogP contribution in [0.5, 0.6) is 11.8 Å². The standard InChI is InChI=1S/C20H18FN3O3/c1-14(2)24(16-7-4-3-5-8-16)19(25)17-13-15(21)9-10-18(17)27-20-22-11-6-12-23(20)26/h3-14H,1-2H3. The topological polar surface area (TPSA) is 69.4 Å². The normalized spacial score (nSPS) is 10.7. The summed E-state index contributed by atoms with van der Waals surface area (Å²) in [4.78, 5) is 18.6. The van der Waals surface area contributed by atoms with Crippen LogP contribution in [0.1, 0.15) is 24.2 Å². The average Bonchev–Trinajstić information content (AvgIpc) is 2.65. The minimum absolute atomic E-state index is 0.00166. The van der Waals surface area contributed by atoms with Crippen molar-refractivity contribution in [2.75, 3.05) is 4.90 Å². The molecule has 3 aromatic rings. The molecule has 27 heavy (non-hydrogen) atoms. The molecular formula is C20H18FN3O3. The van der Waals surface area contributed by atoms with Crippen LogP contribution in [0.4, 0.5) is 10.1 Å². The molecule has 0 fully saturated rings. The van der Waals surface area contributed by atoms with Crippen molar-refractivity contribution in [3.63, 3.8) is 0 Å². The Labute approximate surface area is 156 Å². The summed E-state index contributed by atoms with van der Waals surface area (Å²) in [6.07, 6.45) is 2.61. The van der Waals surface area contributed by atoms with Gasteiger partial charge in [0.05, 0.1) is 5.56 Å². The van der Waals surface area contributed by atoms with Crippen LogP contribution < -0.4 is 14.4 Å². The zero-order valence-electron chi connectivity index (χ0n) is 14.9. The van der Waals surface area contributed by atoms with Crippen molar-refractivity contribution < 1.29 is 18.7 Å². The first-order valence-corrected chi connectivity index (χ1v) is 8.37. The van der Waals surface area contributed by atoms with Gasteiger partial charge >= 0.3 is 6.01 Å². The summed E-state index contributed by atoms with van der Waals surface area (Å²) in [5, 5.41) is 11.8. The fraction of sp³-hybridized carbons (Fsp3) is 0.150. The number of halogens is 1. The summed E-state index contributed by atoms with van der Waals surface area (Å²) in [7, 11) is 0. The Morgan fingerprint density at radius 2 is 1.93 bits per heavy atom. The van der Waals surface area contributed by atoms with Gasteiger partial charge in [-0.25, -0.2) is 9.12 Å². The molecule has 0 atom stereocenters. The molecule has 0 aliphatic rings. The summed E-state index contributed by atoms with van der Waals surface area (Å²) in [6, 6.07) is 13.6. The second-order valence-electron chi connectivity index (χ2n) is 6.08. The van der Waals surface area contributed by atoms with Crippen LogP contribution in [-0.2, 0) is 0 Å². The number of ether oxygens (including phenoxy) is 1. The molecule has 1 aromatic heterocycles. The van der Waals surface area contributed by atoms with Gasteiger partial charge in [0, 0.05) is 17.8 Å². The van der Waals surface area contributed by atoms with Crippen LogP contribution in [0.3, 0.4) is 0 Å². The van der Waals surface area contributed by atoms with E-state index in [2.05, 4.69) is 4.98 Å². The van der Waals surface area contributed by atoms with Gasteiger partial charge in [0.1, 0.15) is 24.0 Å². The summed E-state index contributed by atoms with van der Waals surface area (Å²) in [6.45, 7) is 3.71. The third kappa shape index (κ3) is 4.03. The first-order valence-electron chi connectivity index (χ1n) is 8.37. The van der Waals surface area contributed by atoms with Gasteiger partial charge in [-0.1, -0.05) is 18.2 Å². The molecule has 0 N–H and O–H groups in total. The van der Waals surface area contributed by atoms with Gasteiger partial charge in [-0.2, -0.15) is 0 Å². The Morgan fingerprint density at radius 1 is 1.19 bits per heavy atom. The Hall–Kier alpha value is -3.48. The fourth-order valence-electron chi connectivity index (χ4n) is 2.64. The number of carbonyl (C=O) groups excluding carboxylic acids is 1. The fourth-order valence-corrected chi connectivity index (χ4v) is 2.64. The highest BCUT2D eigenvalue weighted by Crippen LogP contribution is 2.28. The van der Waals surface area contributed by atoms with E-state index in [0.717, 1.165) is 12.1 Å². The number of amides is 1. The van der Waals surface area contributed by atoms with E-state index in [9.17, 15) is 14.4 Å². The molecule has 0 aliphatic heterocycles. The lowest BCUT2D eigenvalue weighted by Gasteiger charge is -2.27. The maximum atomic E-state index is 13.9. The Kier molecular flexibility index (Phi) is 5.30. The van der Waals surface area contributed by atoms with Gasteiger partial charge in [-0.05, 0) is 49.2 Å². The Morgan fingerprint density at radius 3 is 2.59 bits per heavy atom. The molecule has 1 amide bonds. The molecule has 0 saturated heterocycles. The van der Waals surface area contributed by atoms with Crippen molar-refractivity contribution in [1.29, 1.82) is 0 Å². The van der Waals surface area contributed by atoms with E-state index in [4.69, 9.17) is 4.74 Å². The van der Waals surface area contributed by atoms with Gasteiger partial charge < -0.3 is 14.8 Å². The number of anilines is 1. The second kappa shape index (κ2) is 7.82. The van der Waals surface area contributed by atoms with Crippen LogP contribution in [0.15, 0.2) is 67.0 Å². The summed E-state index contributed by atoms with van der Waals surface area (Å²) >= 11 is 0. The molecule has 0 bridgehead atoms. The number of nitrogens with zero attached hydrogens (tertiary/aromatic N) is 3. The number of hydrogen-bond donors (Lipinski definition) is 0. The van der Waals surface area contributed by atoms with E-state index in [1.54, 1.807) is 12.1 Å². The average molecular weight is 367 g/mol. The van der Waals surface area contributed by atoms with E-state index in [1.807, 2.05) is 32.0 Å². The monoisotopic (exact) mass is 367 g/mol. The van der Waals surface area contributed by atoms with E-state index >= 15 is 0 Å². The quantitative estimate of drug-likeness (QED) is 0.509. The van der Waals surface area contributed by atoms with Gasteiger partial charge in [0.25, 0.3) is 5.91 Å². The first kappa shape index (κ1) is 18.3. The molecule has 0 spiro atoms. The summed E-state index contributed by atoms with van der Waals surface area (Å²) in [5.41, 5.74) is 0.669. The minimum atomic E-state index is -0.585. The van der Waals surface area contributed by atoms with Gasteiger partial charge in [0.15, 0.2) is 0 Å². The van der Waals surface area contributed by atoms with E-state index < -0.39 is 11.7 Å². The predicted octanol–water partition coefficient (Wildman–Crippen LogP) is 3.70. The SMILES string of the molecule is CC(C)N(C(=O)c1cc(F)ccc1Oc1nccc[n+]1[O-])c1ccccc1. The first-order chi connectivity index (χ1) is 13.0. The molecule has 0 aliphatic carbocycles. The van der Waals surface area contributed by atoms with E-state index in [1.165, 1.54) is 29.4 Å². The van der Waals surface area contributed by atoms with Crippen molar-refractivity contribution in [3.05, 3.63) is 83.6 Å². The lowest BCUT2D eigenvalue weighted by Crippen LogP contribution is -2.37. The van der Waals surface area contributed by atoms with Crippen LogP contribution >= 0.6 is 0 Å². The van der Waals surface area contributed by atoms with Gasteiger partial charge in [-0.15, -0.1) is 0 Å². The van der Waals surface area contributed by atoms with Crippen molar-refractivity contribution >= 4 is 11.6 Å². The van der Waals surface area contributed by atoms with Crippen molar-refractivity contribution in [1.82, 2.24) is 4.98 Å².